The zero-order chi connectivity index (χ0) is 45.0. The number of para-hydroxylation sites is 1. The Morgan fingerprint density at radius 3 is 2.34 bits per heavy atom. The molecule has 1 fully saturated rings. The van der Waals surface area contributed by atoms with Gasteiger partial charge in [0.1, 0.15) is 17.6 Å². The van der Waals surface area contributed by atoms with Crippen LogP contribution in [-0.2, 0) is 33.6 Å². The molecule has 6 aromatic rings. The zero-order valence-electron chi connectivity index (χ0n) is 36.7. The van der Waals surface area contributed by atoms with Crippen molar-refractivity contribution in [2.24, 2.45) is 5.92 Å². The number of phenols is 1. The van der Waals surface area contributed by atoms with Gasteiger partial charge in [-0.25, -0.2) is 4.79 Å². The average molecular weight is 863 g/mol. The summed E-state index contributed by atoms with van der Waals surface area (Å²) in [6, 6.07) is 39.8. The number of fused-ring (bicyclic) bond motifs is 1. The standard InChI is InChI=1S/C53H58N4O7/c1-36(15-24-48(59)45-22-25-49(60)52-46(45)23-26-50(61)55-52)33-38-9-8-10-39(34-38)35-42(58)21-18-37-16-19-41(20-17-37)56(2)51(62)29-32-57-30-27-43(28-31-57)64-53(63)54-47-14-7-6-13-44(47)40-11-4-3-5-12-40/h3-14,16-17,19-20,22-23,25-26,34,36,43,48,59-60H,15,18,21,24,27-33,35H2,1-2H3,(H,54,63)(H,55,61)/t36-,48-/m0/s1. The summed E-state index contributed by atoms with van der Waals surface area (Å²) in [7, 11) is 1.79. The Labute approximate surface area is 374 Å². The van der Waals surface area contributed by atoms with Crippen LogP contribution in [0.15, 0.2) is 132 Å². The van der Waals surface area contributed by atoms with Crippen molar-refractivity contribution < 1.29 is 29.3 Å². The second-order valence-corrected chi connectivity index (χ2v) is 17.1. The van der Waals surface area contributed by atoms with Gasteiger partial charge >= 0.3 is 6.09 Å². The van der Waals surface area contributed by atoms with Crippen LogP contribution < -0.4 is 15.8 Å². The average Bonchev–Trinajstić information content (AvgIpc) is 3.30. The quantitative estimate of drug-likeness (QED) is 0.0667. The second-order valence-electron chi connectivity index (χ2n) is 17.1. The highest BCUT2D eigenvalue weighted by Gasteiger charge is 2.24. The number of aromatic hydroxyl groups is 1. The fraction of sp³-hybridized carbons (Fsp3) is 0.321. The summed E-state index contributed by atoms with van der Waals surface area (Å²) in [5.41, 5.74) is 7.31. The lowest BCUT2D eigenvalue weighted by Gasteiger charge is -2.31. The van der Waals surface area contributed by atoms with Gasteiger partial charge in [-0.2, -0.15) is 0 Å². The molecule has 1 aliphatic heterocycles. The first-order valence-electron chi connectivity index (χ1n) is 22.3. The number of Topliss-reactive ketones (excluding diaryl/α,β-unsaturated/α-hetero) is 1. The third kappa shape index (κ3) is 12.3. The number of ether oxygens (including phenoxy) is 1. The number of aromatic amines is 1. The van der Waals surface area contributed by atoms with Crippen molar-refractivity contribution in [1.82, 2.24) is 9.88 Å². The number of rotatable bonds is 18. The molecule has 64 heavy (non-hydrogen) atoms. The minimum absolute atomic E-state index is 0.0226. The monoisotopic (exact) mass is 862 g/mol. The first-order valence-corrected chi connectivity index (χ1v) is 22.3. The van der Waals surface area contributed by atoms with E-state index < -0.39 is 12.2 Å². The van der Waals surface area contributed by atoms with Gasteiger partial charge in [-0.1, -0.05) is 97.9 Å². The minimum atomic E-state index is -0.743. The topological polar surface area (TPSA) is 152 Å². The molecule has 0 saturated carbocycles. The summed E-state index contributed by atoms with van der Waals surface area (Å²) in [4.78, 5) is 57.4. The number of pyridine rings is 1. The van der Waals surface area contributed by atoms with Gasteiger partial charge in [0.25, 0.3) is 0 Å². The lowest BCUT2D eigenvalue weighted by molar-refractivity contribution is -0.119. The molecule has 7 rings (SSSR count). The number of amides is 2. The molecular weight excluding hydrogens is 805 g/mol. The van der Waals surface area contributed by atoms with E-state index in [1.807, 2.05) is 91.0 Å². The number of carbonyl (C=O) groups is 3. The lowest BCUT2D eigenvalue weighted by Crippen LogP contribution is -2.40. The van der Waals surface area contributed by atoms with Gasteiger partial charge in [0, 0.05) is 68.6 Å². The van der Waals surface area contributed by atoms with Crippen LogP contribution in [0.3, 0.4) is 0 Å². The molecule has 2 heterocycles. The fourth-order valence-corrected chi connectivity index (χ4v) is 8.57. The number of ketones is 1. The molecule has 332 valence electrons. The fourth-order valence-electron chi connectivity index (χ4n) is 8.57. The Morgan fingerprint density at radius 1 is 0.828 bits per heavy atom. The number of aliphatic hydroxyl groups is 1. The smallest absolute Gasteiger partial charge is 0.411 e. The van der Waals surface area contributed by atoms with E-state index in [9.17, 15) is 29.4 Å². The normalized spacial score (nSPS) is 14.2. The van der Waals surface area contributed by atoms with Crippen molar-refractivity contribution in [2.45, 2.75) is 76.9 Å². The van der Waals surface area contributed by atoms with Crippen LogP contribution in [0, 0.1) is 5.92 Å². The summed E-state index contributed by atoms with van der Waals surface area (Å²) in [6.45, 7) is 4.27. The lowest BCUT2D eigenvalue weighted by atomic mass is 9.91. The number of aromatic nitrogens is 1. The number of H-pyrrole nitrogens is 1. The van der Waals surface area contributed by atoms with Gasteiger partial charge in [-0.15, -0.1) is 0 Å². The minimum Gasteiger partial charge on any atom is -0.506 e. The Balaban J connectivity index is 0.790. The molecule has 1 aliphatic rings. The van der Waals surface area contributed by atoms with Gasteiger partial charge in [0.15, 0.2) is 0 Å². The van der Waals surface area contributed by atoms with Gasteiger partial charge in [0.05, 0.1) is 17.3 Å². The molecule has 0 aliphatic carbocycles. The van der Waals surface area contributed by atoms with E-state index in [1.54, 1.807) is 24.1 Å². The first-order chi connectivity index (χ1) is 31.0. The van der Waals surface area contributed by atoms with Crippen molar-refractivity contribution in [3.8, 4) is 16.9 Å². The number of phenolic OH excluding ortho intramolecular Hbond substituents is 1. The molecule has 0 unspecified atom stereocenters. The highest BCUT2D eigenvalue weighted by atomic mass is 16.6. The van der Waals surface area contributed by atoms with E-state index in [4.69, 9.17) is 4.74 Å². The van der Waals surface area contributed by atoms with Crippen molar-refractivity contribution in [3.05, 3.63) is 160 Å². The number of benzene rings is 5. The molecule has 0 spiro atoms. The maximum Gasteiger partial charge on any atom is 0.411 e. The van der Waals surface area contributed by atoms with Crippen molar-refractivity contribution in [2.75, 3.05) is 36.9 Å². The van der Waals surface area contributed by atoms with E-state index in [0.29, 0.717) is 73.6 Å². The van der Waals surface area contributed by atoms with E-state index in [1.165, 1.54) is 12.1 Å². The number of piperidine rings is 1. The molecule has 5 aromatic carbocycles. The third-order valence-corrected chi connectivity index (χ3v) is 12.3. The number of likely N-dealkylation sites (tertiary alicyclic amines) is 1. The number of nitrogens with zero attached hydrogens (tertiary/aromatic N) is 2. The van der Waals surface area contributed by atoms with Gasteiger partial charge in [0.2, 0.25) is 11.5 Å². The van der Waals surface area contributed by atoms with Crippen molar-refractivity contribution in [1.29, 1.82) is 0 Å². The van der Waals surface area contributed by atoms with Crippen LogP contribution in [0.1, 0.15) is 73.8 Å². The maximum atomic E-state index is 13.2. The van der Waals surface area contributed by atoms with Crippen LogP contribution >= 0.6 is 0 Å². The molecule has 0 radical (unpaired) electrons. The number of aryl methyl sites for hydroxylation is 1. The van der Waals surface area contributed by atoms with Crippen LogP contribution in [0.5, 0.6) is 5.75 Å². The summed E-state index contributed by atoms with van der Waals surface area (Å²) in [6.07, 6.45) is 3.89. The first kappa shape index (κ1) is 45.5. The molecule has 11 heteroatoms. The molecule has 2 atom stereocenters. The predicted octanol–water partition coefficient (Wildman–Crippen LogP) is 9.40. The molecule has 2 amide bonds. The summed E-state index contributed by atoms with van der Waals surface area (Å²) < 4.78 is 5.79. The van der Waals surface area contributed by atoms with Gasteiger partial charge in [-0.05, 0) is 103 Å². The Morgan fingerprint density at radius 2 is 1.56 bits per heavy atom. The molecule has 11 nitrogen and oxygen atoms in total. The second kappa shape index (κ2) is 21.7. The van der Waals surface area contributed by atoms with Gasteiger partial charge < -0.3 is 29.7 Å². The summed E-state index contributed by atoms with van der Waals surface area (Å²) in [5.74, 6) is 0.437. The summed E-state index contributed by atoms with van der Waals surface area (Å²) >= 11 is 0. The Hall–Kier alpha value is -6.56. The largest absolute Gasteiger partial charge is 0.506 e. The maximum absolute atomic E-state index is 13.2. The molecule has 4 N–H and O–H groups in total. The van der Waals surface area contributed by atoms with E-state index >= 15 is 0 Å². The molecule has 0 bridgehead atoms. The number of hydrogen-bond acceptors (Lipinski definition) is 8. The van der Waals surface area contributed by atoms with E-state index in [2.05, 4.69) is 34.3 Å². The zero-order valence-corrected chi connectivity index (χ0v) is 36.7. The highest BCUT2D eigenvalue weighted by Crippen LogP contribution is 2.32. The number of carbonyl (C=O) groups excluding carboxylic acids is 3. The van der Waals surface area contributed by atoms with Crippen molar-refractivity contribution in [3.63, 3.8) is 0 Å². The van der Waals surface area contributed by atoms with E-state index in [0.717, 1.165) is 59.4 Å². The Bertz CT molecular complexity index is 2580. The van der Waals surface area contributed by atoms with Crippen LogP contribution in [-0.4, -0.2) is 70.7 Å². The third-order valence-electron chi connectivity index (χ3n) is 12.3. The molecular formula is C53H58N4O7. The number of anilines is 2. The molecule has 1 saturated heterocycles. The van der Waals surface area contributed by atoms with Crippen molar-refractivity contribution >= 4 is 40.1 Å². The number of hydrogen-bond donors (Lipinski definition) is 4. The number of aliphatic hydroxyl groups excluding tert-OH is 1. The van der Waals surface area contributed by atoms with Gasteiger partial charge in [-0.3, -0.25) is 19.7 Å². The van der Waals surface area contributed by atoms with Crippen LogP contribution in [0.2, 0.25) is 0 Å². The molecule has 1 aromatic heterocycles. The van der Waals surface area contributed by atoms with Crippen LogP contribution in [0.25, 0.3) is 22.0 Å². The number of nitrogens with one attached hydrogen (secondary N) is 2. The SMILES string of the molecule is C[C@@H](CC[C@H](O)c1ccc(O)c2[nH]c(=O)ccc12)Cc1cccc(CC(=O)CCc2ccc(N(C)C(=O)CCN3CCC(OC(=O)Nc4ccccc4-c4ccccc4)CC3)cc2)c1. The van der Waals surface area contributed by atoms with Crippen LogP contribution in [0.4, 0.5) is 16.2 Å². The summed E-state index contributed by atoms with van der Waals surface area (Å²) in [5, 5.41) is 24.8. The highest BCUT2D eigenvalue weighted by molar-refractivity contribution is 5.93. The Kier molecular flexibility index (Phi) is 15.4. The predicted molar refractivity (Wildman–Crippen MR) is 253 cm³/mol. The van der Waals surface area contributed by atoms with E-state index in [-0.39, 0.29) is 35.0 Å².